The number of rotatable bonds is 4. The molecule has 0 bridgehead atoms. The molecule has 4 aromatic rings. The molecule has 1 aliphatic heterocycles. The number of hydrogen-bond acceptors (Lipinski definition) is 7. The van der Waals surface area contributed by atoms with Gasteiger partial charge in [0.25, 0.3) is 0 Å². The number of pyridine rings is 1. The molecule has 30 heavy (non-hydrogen) atoms. The molecule has 2 aromatic heterocycles. The van der Waals surface area contributed by atoms with Gasteiger partial charge in [-0.15, -0.1) is 17.9 Å². The van der Waals surface area contributed by atoms with Gasteiger partial charge in [-0.2, -0.15) is 0 Å². The molecule has 0 saturated carbocycles. The molecule has 0 saturated heterocycles. The van der Waals surface area contributed by atoms with E-state index in [0.29, 0.717) is 16.6 Å². The Morgan fingerprint density at radius 2 is 2.00 bits per heavy atom. The molecular weight excluding hydrogens is 418 g/mol. The van der Waals surface area contributed by atoms with E-state index in [9.17, 15) is 13.2 Å². The van der Waals surface area contributed by atoms with Gasteiger partial charge in [-0.05, 0) is 49.7 Å². The van der Waals surface area contributed by atoms with Gasteiger partial charge in [0.15, 0.2) is 15.6 Å². The van der Waals surface area contributed by atoms with E-state index < -0.39 is 20.4 Å². The van der Waals surface area contributed by atoms with Crippen LogP contribution in [0.15, 0.2) is 65.7 Å². The zero-order chi connectivity index (χ0) is 21.1. The Morgan fingerprint density at radius 1 is 1.17 bits per heavy atom. The third-order valence-corrected chi connectivity index (χ3v) is 8.86. The van der Waals surface area contributed by atoms with Crippen LogP contribution in [-0.2, 0) is 9.84 Å². The van der Waals surface area contributed by atoms with Crippen molar-refractivity contribution < 1.29 is 13.2 Å². The Labute approximate surface area is 177 Å². The summed E-state index contributed by atoms with van der Waals surface area (Å²) in [5.74, 6) is -0.409. The van der Waals surface area contributed by atoms with Gasteiger partial charge < -0.3 is 5.32 Å². The van der Waals surface area contributed by atoms with E-state index in [2.05, 4.69) is 21.9 Å². The van der Waals surface area contributed by atoms with Crippen molar-refractivity contribution in [3.8, 4) is 0 Å². The summed E-state index contributed by atoms with van der Waals surface area (Å²) in [6.45, 7) is 5.09. The van der Waals surface area contributed by atoms with E-state index in [1.54, 1.807) is 41.2 Å². The predicted octanol–water partition coefficient (Wildman–Crippen LogP) is 4.89. The quantitative estimate of drug-likeness (QED) is 0.459. The molecule has 0 spiro atoms. The number of Topliss-reactive ketones (excluding diaryl/α,β-unsaturated/α-hetero) is 1. The lowest BCUT2D eigenvalue weighted by molar-refractivity contribution is 0.0952. The molecule has 2 aromatic carbocycles. The second-order valence-corrected chi connectivity index (χ2v) is 10.7. The van der Waals surface area contributed by atoms with Gasteiger partial charge in [-0.3, -0.25) is 9.78 Å². The maximum Gasteiger partial charge on any atom is 0.192 e. The van der Waals surface area contributed by atoms with Crippen molar-refractivity contribution in [2.75, 3.05) is 5.32 Å². The lowest BCUT2D eigenvalue weighted by Gasteiger charge is -2.18. The van der Waals surface area contributed by atoms with Crippen molar-refractivity contribution in [1.29, 1.82) is 0 Å². The molecule has 3 heterocycles. The number of nitrogens with one attached hydrogen (secondary N) is 1. The number of thiazole rings is 1. The van der Waals surface area contributed by atoms with Crippen LogP contribution in [0.4, 0.5) is 11.4 Å². The van der Waals surface area contributed by atoms with E-state index in [0.717, 1.165) is 15.9 Å². The van der Waals surface area contributed by atoms with Gasteiger partial charge in [0, 0.05) is 28.5 Å². The molecule has 8 heteroatoms. The lowest BCUT2D eigenvalue weighted by Crippen LogP contribution is -2.37. The van der Waals surface area contributed by atoms with Crippen LogP contribution in [0.2, 0.25) is 0 Å². The van der Waals surface area contributed by atoms with Crippen molar-refractivity contribution in [3.05, 3.63) is 66.3 Å². The highest BCUT2D eigenvalue weighted by Gasteiger charge is 2.54. The summed E-state index contributed by atoms with van der Waals surface area (Å²) < 4.78 is 26.0. The van der Waals surface area contributed by atoms with Gasteiger partial charge in [0.2, 0.25) is 0 Å². The Morgan fingerprint density at radius 3 is 2.80 bits per heavy atom. The van der Waals surface area contributed by atoms with Crippen LogP contribution >= 0.6 is 11.3 Å². The van der Waals surface area contributed by atoms with Gasteiger partial charge in [0.1, 0.15) is 4.75 Å². The van der Waals surface area contributed by atoms with Crippen LogP contribution in [0.5, 0.6) is 0 Å². The minimum Gasteiger partial charge on any atom is -0.355 e. The third kappa shape index (κ3) is 2.54. The highest BCUT2D eigenvalue weighted by atomic mass is 32.2. The molecule has 0 fully saturated rings. The minimum atomic E-state index is -3.84. The molecule has 0 aliphatic carbocycles. The van der Waals surface area contributed by atoms with Crippen molar-refractivity contribution in [2.24, 2.45) is 0 Å². The Balaban J connectivity index is 1.67. The fourth-order valence-corrected chi connectivity index (χ4v) is 6.45. The van der Waals surface area contributed by atoms with E-state index in [1.807, 2.05) is 18.2 Å². The number of fused-ring (bicyclic) bond motifs is 3. The largest absolute Gasteiger partial charge is 0.355 e. The SMILES string of the molecule is C=CCC1(C)C(=O)c2cc3nccc(Nc4ccc5scnc5c4)c3cc2S1(=O)=O. The summed E-state index contributed by atoms with van der Waals surface area (Å²) in [5.41, 5.74) is 4.97. The summed E-state index contributed by atoms with van der Waals surface area (Å²) in [6, 6.07) is 10.8. The molecule has 150 valence electrons. The zero-order valence-electron chi connectivity index (χ0n) is 16.0. The highest BCUT2D eigenvalue weighted by molar-refractivity contribution is 7.94. The number of anilines is 2. The van der Waals surface area contributed by atoms with Gasteiger partial charge >= 0.3 is 0 Å². The molecule has 1 aliphatic rings. The number of nitrogens with zero attached hydrogens (tertiary/aromatic N) is 2. The lowest BCUT2D eigenvalue weighted by atomic mass is 9.95. The highest BCUT2D eigenvalue weighted by Crippen LogP contribution is 2.43. The molecule has 1 unspecified atom stereocenters. The van der Waals surface area contributed by atoms with Crippen molar-refractivity contribution in [3.63, 3.8) is 0 Å². The fourth-order valence-electron chi connectivity index (χ4n) is 3.90. The Bertz CT molecular complexity index is 1470. The number of aromatic nitrogens is 2. The standard InChI is InChI=1S/C22H17N3O3S2/c1-3-7-22(2)21(26)15-10-17-14(11-20(15)30(22,27)28)16(6-8-23-17)25-13-4-5-19-18(9-13)24-12-29-19/h3-6,8-12H,1,7H2,2H3,(H,23,25). The summed E-state index contributed by atoms with van der Waals surface area (Å²) in [4.78, 5) is 21.7. The number of hydrogen-bond donors (Lipinski definition) is 1. The maximum atomic E-state index is 13.2. The Hall–Kier alpha value is -3.10. The zero-order valence-corrected chi connectivity index (χ0v) is 17.7. The molecule has 0 radical (unpaired) electrons. The van der Waals surface area contributed by atoms with Gasteiger partial charge in [-0.25, -0.2) is 13.4 Å². The van der Waals surface area contributed by atoms with Gasteiger partial charge in [0.05, 0.1) is 26.1 Å². The van der Waals surface area contributed by atoms with Crippen molar-refractivity contribution >= 4 is 59.5 Å². The minimum absolute atomic E-state index is 0.0513. The van der Waals surface area contributed by atoms with E-state index >= 15 is 0 Å². The van der Waals surface area contributed by atoms with Crippen molar-refractivity contribution in [1.82, 2.24) is 9.97 Å². The molecule has 5 rings (SSSR count). The number of sulfone groups is 1. The van der Waals surface area contributed by atoms with Crippen LogP contribution in [0, 0.1) is 0 Å². The van der Waals surface area contributed by atoms with Gasteiger partial charge in [-0.1, -0.05) is 6.08 Å². The predicted molar refractivity (Wildman–Crippen MR) is 119 cm³/mol. The second kappa shape index (κ2) is 6.45. The van der Waals surface area contributed by atoms with E-state index in [4.69, 9.17) is 0 Å². The number of benzene rings is 2. The molecular formula is C22H17N3O3S2. The molecule has 1 atom stereocenters. The Kier molecular flexibility index (Phi) is 4.06. The number of carbonyl (C=O) groups excluding carboxylic acids is 1. The monoisotopic (exact) mass is 435 g/mol. The topological polar surface area (TPSA) is 89.0 Å². The smallest absolute Gasteiger partial charge is 0.192 e. The average molecular weight is 436 g/mol. The summed E-state index contributed by atoms with van der Waals surface area (Å²) in [5, 5.41) is 3.97. The first-order valence-electron chi connectivity index (χ1n) is 9.28. The summed E-state index contributed by atoms with van der Waals surface area (Å²) in [7, 11) is -3.84. The average Bonchev–Trinajstić information content (AvgIpc) is 3.24. The van der Waals surface area contributed by atoms with E-state index in [-0.39, 0.29) is 16.9 Å². The molecule has 6 nitrogen and oxygen atoms in total. The van der Waals surface area contributed by atoms with Crippen LogP contribution in [0.25, 0.3) is 21.1 Å². The fraction of sp³-hybridized carbons (Fsp3) is 0.136. The van der Waals surface area contributed by atoms with Crippen LogP contribution in [-0.4, -0.2) is 28.9 Å². The van der Waals surface area contributed by atoms with Crippen LogP contribution < -0.4 is 5.32 Å². The summed E-state index contributed by atoms with van der Waals surface area (Å²) >= 11 is 1.57. The van der Waals surface area contributed by atoms with E-state index in [1.165, 1.54) is 13.0 Å². The normalized spacial score (nSPS) is 19.8. The first-order valence-corrected chi connectivity index (χ1v) is 11.6. The third-order valence-electron chi connectivity index (χ3n) is 5.59. The molecule has 1 N–H and O–H groups in total. The maximum absolute atomic E-state index is 13.2. The van der Waals surface area contributed by atoms with Crippen LogP contribution in [0.1, 0.15) is 23.7 Å². The summed E-state index contributed by atoms with van der Waals surface area (Å²) in [6.07, 6.45) is 3.17. The number of ketones is 1. The number of allylic oxidation sites excluding steroid dienone is 1. The first kappa shape index (κ1) is 18.9. The van der Waals surface area contributed by atoms with Crippen molar-refractivity contribution in [2.45, 2.75) is 23.0 Å². The molecule has 0 amide bonds. The van der Waals surface area contributed by atoms with Crippen LogP contribution in [0.3, 0.4) is 0 Å². The first-order chi connectivity index (χ1) is 14.3. The number of carbonyl (C=O) groups is 1. The second-order valence-electron chi connectivity index (χ2n) is 7.44.